The number of pyridine rings is 1. The molecule has 0 saturated heterocycles. The molecule has 0 aliphatic carbocycles. The van der Waals surface area contributed by atoms with E-state index in [0.717, 1.165) is 46.2 Å². The van der Waals surface area contributed by atoms with E-state index in [4.69, 9.17) is 4.74 Å². The van der Waals surface area contributed by atoms with Gasteiger partial charge in [0.05, 0.1) is 24.5 Å². The average Bonchev–Trinajstić information content (AvgIpc) is 3.12. The normalized spacial score (nSPS) is 11.1. The second kappa shape index (κ2) is 15.7. The van der Waals surface area contributed by atoms with Gasteiger partial charge in [0, 0.05) is 54.1 Å². The first-order valence-electron chi connectivity index (χ1n) is 15.5. The highest BCUT2D eigenvalue weighted by molar-refractivity contribution is 6.00. The molecule has 0 unspecified atom stereocenters. The number of hydrogen-bond donors (Lipinski definition) is 4. The van der Waals surface area contributed by atoms with E-state index in [0.29, 0.717) is 48.7 Å². The van der Waals surface area contributed by atoms with Gasteiger partial charge < -0.3 is 25.6 Å². The Morgan fingerprint density at radius 2 is 1.47 bits per heavy atom. The zero-order chi connectivity index (χ0) is 32.3. The largest absolute Gasteiger partial charge is 0.438 e. The maximum atomic E-state index is 9.21. The van der Waals surface area contributed by atoms with E-state index in [1.807, 2.05) is 95.9 Å². The van der Waals surface area contributed by atoms with E-state index in [1.54, 1.807) is 12.4 Å². The summed E-state index contributed by atoms with van der Waals surface area (Å²) in [7, 11) is 0. The third-order valence-corrected chi connectivity index (χ3v) is 7.54. The lowest BCUT2D eigenvalue weighted by molar-refractivity contribution is 0.161. The fourth-order valence-corrected chi connectivity index (χ4v) is 5.24. The highest BCUT2D eigenvalue weighted by Crippen LogP contribution is 2.33. The van der Waals surface area contributed by atoms with Crippen LogP contribution in [0.4, 0.5) is 17.5 Å². The van der Waals surface area contributed by atoms with Gasteiger partial charge in [-0.15, -0.1) is 10.2 Å². The lowest BCUT2D eigenvalue weighted by atomic mass is 10.0. The van der Waals surface area contributed by atoms with Gasteiger partial charge in [0.25, 0.3) is 0 Å². The first-order valence-corrected chi connectivity index (χ1v) is 15.5. The van der Waals surface area contributed by atoms with Crippen molar-refractivity contribution < 1.29 is 14.9 Å². The van der Waals surface area contributed by atoms with Crippen LogP contribution >= 0.6 is 0 Å². The Labute approximate surface area is 273 Å². The molecular weight excluding hydrogens is 592 g/mol. The van der Waals surface area contributed by atoms with Gasteiger partial charge in [0.1, 0.15) is 11.4 Å². The number of anilines is 3. The smallest absolute Gasteiger partial charge is 0.228 e. The summed E-state index contributed by atoms with van der Waals surface area (Å²) >= 11 is 0. The van der Waals surface area contributed by atoms with Gasteiger partial charge >= 0.3 is 0 Å². The molecule has 0 saturated carbocycles. The van der Waals surface area contributed by atoms with Crippen LogP contribution in [0.5, 0.6) is 11.6 Å². The Kier molecular flexibility index (Phi) is 10.5. The van der Waals surface area contributed by atoms with Crippen molar-refractivity contribution in [2.24, 2.45) is 0 Å². The van der Waals surface area contributed by atoms with Crippen molar-refractivity contribution in [3.8, 4) is 34.1 Å². The molecule has 0 aliphatic rings. The third kappa shape index (κ3) is 8.03. The van der Waals surface area contributed by atoms with Gasteiger partial charge in [-0.1, -0.05) is 54.6 Å². The summed E-state index contributed by atoms with van der Waals surface area (Å²) in [5.41, 5.74) is 4.11. The van der Waals surface area contributed by atoms with Crippen molar-refractivity contribution in [2.75, 3.05) is 50.0 Å². The minimum atomic E-state index is 0.0612. The quantitative estimate of drug-likeness (QED) is 0.103. The van der Waals surface area contributed by atoms with Crippen LogP contribution in [-0.4, -0.2) is 79.7 Å². The Hall–Kier alpha value is -5.49. The van der Waals surface area contributed by atoms with E-state index >= 15 is 0 Å². The van der Waals surface area contributed by atoms with Crippen LogP contribution in [0.25, 0.3) is 33.3 Å². The van der Waals surface area contributed by atoms with E-state index in [-0.39, 0.29) is 13.2 Å². The number of aliphatic hydroxyl groups is 2. The molecule has 3 aromatic heterocycles. The highest BCUT2D eigenvalue weighted by atomic mass is 16.5. The van der Waals surface area contributed by atoms with Crippen molar-refractivity contribution in [1.82, 2.24) is 30.0 Å². The molecule has 0 spiro atoms. The lowest BCUT2D eigenvalue weighted by Crippen LogP contribution is -2.31. The second-order valence-electron chi connectivity index (χ2n) is 10.8. The van der Waals surface area contributed by atoms with Crippen molar-refractivity contribution in [1.29, 1.82) is 0 Å². The Morgan fingerprint density at radius 1 is 0.702 bits per heavy atom. The van der Waals surface area contributed by atoms with E-state index in [2.05, 4.69) is 41.8 Å². The van der Waals surface area contributed by atoms with Gasteiger partial charge in [-0.3, -0.25) is 4.90 Å². The van der Waals surface area contributed by atoms with Gasteiger partial charge in [0.2, 0.25) is 11.8 Å². The maximum absolute atomic E-state index is 9.21. The number of aliphatic hydroxyl groups excluding tert-OH is 2. The first kappa shape index (κ1) is 31.5. The average molecular weight is 629 g/mol. The zero-order valence-corrected chi connectivity index (χ0v) is 25.8. The molecule has 3 aromatic carbocycles. The molecule has 47 heavy (non-hydrogen) atoms. The predicted molar refractivity (Wildman–Crippen MR) is 184 cm³/mol. The van der Waals surface area contributed by atoms with Crippen molar-refractivity contribution >= 4 is 28.2 Å². The molecule has 11 nitrogen and oxygen atoms in total. The summed E-state index contributed by atoms with van der Waals surface area (Å²) in [6, 6.07) is 31.3. The summed E-state index contributed by atoms with van der Waals surface area (Å²) in [6.45, 7) is 2.58. The SMILES string of the molecule is OCCN(CCO)CCCNc1nccc(-c2cccnc2Oc2ccc(Nc3nnc(-c4ccccc4)c4ccccc34)cc2)n1. The van der Waals surface area contributed by atoms with Crippen LogP contribution in [0.1, 0.15) is 6.42 Å². The highest BCUT2D eigenvalue weighted by Gasteiger charge is 2.13. The zero-order valence-electron chi connectivity index (χ0n) is 25.8. The number of aromatic nitrogens is 5. The number of rotatable bonds is 15. The van der Waals surface area contributed by atoms with Crippen LogP contribution in [0.2, 0.25) is 0 Å². The number of benzene rings is 3. The predicted octanol–water partition coefficient (Wildman–Crippen LogP) is 5.77. The third-order valence-electron chi connectivity index (χ3n) is 7.54. The Morgan fingerprint density at radius 3 is 2.26 bits per heavy atom. The van der Waals surface area contributed by atoms with Gasteiger partial charge in [-0.25, -0.2) is 15.0 Å². The minimum absolute atomic E-state index is 0.0612. The molecule has 0 aliphatic heterocycles. The molecule has 0 atom stereocenters. The number of nitrogens with one attached hydrogen (secondary N) is 2. The van der Waals surface area contributed by atoms with Crippen molar-refractivity contribution in [2.45, 2.75) is 6.42 Å². The monoisotopic (exact) mass is 628 g/mol. The van der Waals surface area contributed by atoms with Gasteiger partial charge in [0.15, 0.2) is 5.82 Å². The molecule has 238 valence electrons. The molecule has 6 aromatic rings. The van der Waals surface area contributed by atoms with Gasteiger partial charge in [-0.2, -0.15) is 0 Å². The number of hydrogen-bond acceptors (Lipinski definition) is 11. The molecule has 0 bridgehead atoms. The number of nitrogens with zero attached hydrogens (tertiary/aromatic N) is 6. The molecular formula is C36H36N8O3. The number of ether oxygens (including phenoxy) is 1. The Bertz CT molecular complexity index is 1880. The summed E-state index contributed by atoms with van der Waals surface area (Å²) in [5.74, 6) is 2.21. The standard InChI is InChI=1S/C36H36N8O3/c45-24-22-44(23-25-46)21-7-19-38-36-39-20-17-32(41-36)31-12-6-18-37-35(31)47-28-15-13-27(14-16-28)40-34-30-11-5-4-10-29(30)33(42-43-34)26-8-2-1-3-9-26/h1-6,8-18,20,45-46H,7,19,21-25H2,(H,40,43)(H,38,39,41). The van der Waals surface area contributed by atoms with Crippen LogP contribution in [0, 0.1) is 0 Å². The molecule has 3 heterocycles. The first-order chi connectivity index (χ1) is 23.2. The topological polar surface area (TPSA) is 141 Å². The summed E-state index contributed by atoms with van der Waals surface area (Å²) in [4.78, 5) is 15.5. The fraction of sp³-hybridized carbons (Fsp3) is 0.194. The van der Waals surface area contributed by atoms with E-state index < -0.39 is 0 Å². The van der Waals surface area contributed by atoms with Crippen LogP contribution in [-0.2, 0) is 0 Å². The molecule has 4 N–H and O–H groups in total. The maximum Gasteiger partial charge on any atom is 0.228 e. The summed E-state index contributed by atoms with van der Waals surface area (Å²) in [5, 5.41) is 36.2. The second-order valence-corrected chi connectivity index (χ2v) is 10.8. The molecule has 0 radical (unpaired) electrons. The van der Waals surface area contributed by atoms with E-state index in [1.165, 1.54) is 0 Å². The van der Waals surface area contributed by atoms with E-state index in [9.17, 15) is 10.2 Å². The van der Waals surface area contributed by atoms with Crippen LogP contribution in [0.3, 0.4) is 0 Å². The number of fused-ring (bicyclic) bond motifs is 1. The molecule has 11 heteroatoms. The Balaban J connectivity index is 1.12. The van der Waals surface area contributed by atoms with Crippen LogP contribution in [0.15, 0.2) is 109 Å². The summed E-state index contributed by atoms with van der Waals surface area (Å²) < 4.78 is 6.22. The minimum Gasteiger partial charge on any atom is -0.438 e. The molecule has 6 rings (SSSR count). The molecule has 0 amide bonds. The molecule has 0 fully saturated rings. The van der Waals surface area contributed by atoms with Crippen LogP contribution < -0.4 is 15.4 Å². The summed E-state index contributed by atoms with van der Waals surface area (Å²) in [6.07, 6.45) is 4.19. The van der Waals surface area contributed by atoms with Gasteiger partial charge in [-0.05, 0) is 55.4 Å². The van der Waals surface area contributed by atoms with Crippen molar-refractivity contribution in [3.05, 3.63) is 109 Å². The van der Waals surface area contributed by atoms with Crippen molar-refractivity contribution in [3.63, 3.8) is 0 Å². The lowest BCUT2D eigenvalue weighted by Gasteiger charge is -2.19. The fourth-order valence-electron chi connectivity index (χ4n) is 5.24.